The number of halogens is 2. The van der Waals surface area contributed by atoms with Gasteiger partial charge in [-0.15, -0.1) is 6.42 Å². The van der Waals surface area contributed by atoms with Gasteiger partial charge in [0.15, 0.2) is 4.80 Å². The van der Waals surface area contributed by atoms with Gasteiger partial charge in [0.2, 0.25) is 0 Å². The van der Waals surface area contributed by atoms with E-state index in [0.29, 0.717) is 25.6 Å². The third-order valence-corrected chi connectivity index (χ3v) is 4.45. The van der Waals surface area contributed by atoms with Gasteiger partial charge < -0.3 is 4.57 Å². The number of thiazole rings is 1. The summed E-state index contributed by atoms with van der Waals surface area (Å²) in [4.78, 5) is 16.8. The number of carbonyl (C=O) groups excluding carboxylic acids is 1. The van der Waals surface area contributed by atoms with Gasteiger partial charge in [-0.2, -0.15) is 4.99 Å². The molecule has 0 bridgehead atoms. The van der Waals surface area contributed by atoms with Gasteiger partial charge in [-0.1, -0.05) is 41.0 Å². The molecule has 0 radical (unpaired) electrons. The number of hydrogen-bond acceptors (Lipinski definition) is 2. The lowest BCUT2D eigenvalue weighted by atomic mass is 10.2. The molecule has 0 atom stereocenters. The van der Waals surface area contributed by atoms with E-state index in [1.807, 2.05) is 0 Å². The first kappa shape index (κ1) is 15.5. The second-order valence-electron chi connectivity index (χ2n) is 4.69. The van der Waals surface area contributed by atoms with Gasteiger partial charge >= 0.3 is 0 Å². The SMILES string of the molecule is C#CCn1c(=NC(=O)c2cccc(Cl)c2)sc2cccc(F)c21. The molecule has 3 rings (SSSR count). The van der Waals surface area contributed by atoms with Crippen LogP contribution in [0.2, 0.25) is 5.02 Å². The number of fused-ring (bicyclic) bond motifs is 1. The molecule has 2 aromatic carbocycles. The monoisotopic (exact) mass is 344 g/mol. The summed E-state index contributed by atoms with van der Waals surface area (Å²) in [5.41, 5.74) is 0.718. The number of benzene rings is 2. The summed E-state index contributed by atoms with van der Waals surface area (Å²) in [5, 5.41) is 0.449. The van der Waals surface area contributed by atoms with E-state index in [9.17, 15) is 9.18 Å². The minimum absolute atomic E-state index is 0.128. The average Bonchev–Trinajstić information content (AvgIpc) is 2.86. The van der Waals surface area contributed by atoms with Crippen LogP contribution in [0.3, 0.4) is 0 Å². The summed E-state index contributed by atoms with van der Waals surface area (Å²) in [6, 6.07) is 11.2. The molecule has 0 aliphatic rings. The summed E-state index contributed by atoms with van der Waals surface area (Å²) in [7, 11) is 0. The van der Waals surface area contributed by atoms with Crippen LogP contribution >= 0.6 is 22.9 Å². The summed E-state index contributed by atoms with van der Waals surface area (Å²) >= 11 is 7.10. The number of carbonyl (C=O) groups is 1. The van der Waals surface area contributed by atoms with Gasteiger partial charge in [0, 0.05) is 10.6 Å². The third-order valence-electron chi connectivity index (χ3n) is 3.17. The topological polar surface area (TPSA) is 34.4 Å². The molecular weight excluding hydrogens is 335 g/mol. The molecule has 3 nitrogen and oxygen atoms in total. The highest BCUT2D eigenvalue weighted by Crippen LogP contribution is 2.20. The Morgan fingerprint density at radius 2 is 2.13 bits per heavy atom. The molecule has 0 aliphatic heterocycles. The predicted octanol–water partition coefficient (Wildman–Crippen LogP) is 3.87. The van der Waals surface area contributed by atoms with Crippen molar-refractivity contribution in [3.63, 3.8) is 0 Å². The zero-order valence-corrected chi connectivity index (χ0v) is 13.4. The van der Waals surface area contributed by atoms with E-state index in [1.165, 1.54) is 28.0 Å². The second-order valence-corrected chi connectivity index (χ2v) is 6.13. The lowest BCUT2D eigenvalue weighted by molar-refractivity contribution is 0.0998. The summed E-state index contributed by atoms with van der Waals surface area (Å²) in [6.07, 6.45) is 5.36. The van der Waals surface area contributed by atoms with Gasteiger partial charge in [0.1, 0.15) is 5.82 Å². The van der Waals surface area contributed by atoms with Crippen LogP contribution in [-0.4, -0.2) is 10.5 Å². The molecule has 0 saturated heterocycles. The molecule has 23 heavy (non-hydrogen) atoms. The van der Waals surface area contributed by atoms with Crippen molar-refractivity contribution in [1.82, 2.24) is 4.57 Å². The molecule has 0 unspecified atom stereocenters. The molecule has 0 spiro atoms. The molecular formula is C17H10ClFN2OS. The van der Waals surface area contributed by atoms with Crippen LogP contribution in [-0.2, 0) is 6.54 Å². The number of terminal acetylenes is 1. The van der Waals surface area contributed by atoms with Crippen LogP contribution in [0.15, 0.2) is 47.5 Å². The quantitative estimate of drug-likeness (QED) is 0.650. The van der Waals surface area contributed by atoms with Crippen molar-refractivity contribution >= 4 is 39.1 Å². The Hall–Kier alpha value is -2.42. The first-order valence-electron chi connectivity index (χ1n) is 6.66. The van der Waals surface area contributed by atoms with E-state index in [1.54, 1.807) is 30.3 Å². The zero-order valence-electron chi connectivity index (χ0n) is 11.8. The van der Waals surface area contributed by atoms with Crippen molar-refractivity contribution in [2.75, 3.05) is 0 Å². The van der Waals surface area contributed by atoms with Gasteiger partial charge in [0.05, 0.1) is 16.8 Å². The van der Waals surface area contributed by atoms with Crippen LogP contribution in [0.4, 0.5) is 4.39 Å². The molecule has 0 N–H and O–H groups in total. The van der Waals surface area contributed by atoms with Crippen LogP contribution in [0.5, 0.6) is 0 Å². The molecule has 0 saturated carbocycles. The Bertz CT molecular complexity index is 1010. The number of hydrogen-bond donors (Lipinski definition) is 0. The molecule has 3 aromatic rings. The lowest BCUT2D eigenvalue weighted by Crippen LogP contribution is -2.17. The highest BCUT2D eigenvalue weighted by Gasteiger charge is 2.12. The Balaban J connectivity index is 2.19. The van der Waals surface area contributed by atoms with E-state index in [2.05, 4.69) is 10.9 Å². The van der Waals surface area contributed by atoms with E-state index in [-0.39, 0.29) is 6.54 Å². The average molecular weight is 345 g/mol. The zero-order chi connectivity index (χ0) is 16.4. The van der Waals surface area contributed by atoms with E-state index in [0.717, 1.165) is 0 Å². The summed E-state index contributed by atoms with van der Waals surface area (Å²) < 4.78 is 16.3. The van der Waals surface area contributed by atoms with Crippen molar-refractivity contribution in [3.05, 3.63) is 63.7 Å². The van der Waals surface area contributed by atoms with Crippen molar-refractivity contribution < 1.29 is 9.18 Å². The van der Waals surface area contributed by atoms with E-state index < -0.39 is 11.7 Å². The van der Waals surface area contributed by atoms with Crippen molar-refractivity contribution in [1.29, 1.82) is 0 Å². The summed E-state index contributed by atoms with van der Waals surface area (Å²) in [6.45, 7) is 0.128. The minimum atomic E-state index is -0.453. The van der Waals surface area contributed by atoms with Crippen molar-refractivity contribution in [2.24, 2.45) is 4.99 Å². The molecule has 0 aliphatic carbocycles. The minimum Gasteiger partial charge on any atom is -0.302 e. The molecule has 1 aromatic heterocycles. The Morgan fingerprint density at radius 3 is 2.87 bits per heavy atom. The second kappa shape index (κ2) is 6.37. The highest BCUT2D eigenvalue weighted by atomic mass is 35.5. The number of aromatic nitrogens is 1. The van der Waals surface area contributed by atoms with E-state index >= 15 is 0 Å². The molecule has 0 fully saturated rings. The fourth-order valence-corrected chi connectivity index (χ4v) is 3.42. The van der Waals surface area contributed by atoms with Gasteiger partial charge in [0.25, 0.3) is 5.91 Å². The lowest BCUT2D eigenvalue weighted by Gasteiger charge is -2.00. The van der Waals surface area contributed by atoms with Gasteiger partial charge in [-0.25, -0.2) is 4.39 Å². The Kier molecular flexibility index (Phi) is 4.28. The van der Waals surface area contributed by atoms with Gasteiger partial charge in [-0.05, 0) is 30.3 Å². The van der Waals surface area contributed by atoms with E-state index in [4.69, 9.17) is 18.0 Å². The third kappa shape index (κ3) is 3.04. The smallest absolute Gasteiger partial charge is 0.279 e. The standard InChI is InChI=1S/C17H10ClFN2OS/c1-2-9-21-15-13(19)7-4-8-14(15)23-17(21)20-16(22)11-5-3-6-12(18)10-11/h1,3-8,10H,9H2. The molecule has 1 heterocycles. The largest absolute Gasteiger partial charge is 0.302 e. The van der Waals surface area contributed by atoms with Crippen LogP contribution in [0.1, 0.15) is 10.4 Å². The number of rotatable bonds is 2. The van der Waals surface area contributed by atoms with Crippen molar-refractivity contribution in [2.45, 2.75) is 6.54 Å². The fourth-order valence-electron chi connectivity index (χ4n) is 2.18. The summed E-state index contributed by atoms with van der Waals surface area (Å²) in [5.74, 6) is 1.61. The molecule has 1 amide bonds. The maximum atomic E-state index is 14.1. The first-order valence-corrected chi connectivity index (χ1v) is 7.85. The predicted molar refractivity (Wildman–Crippen MR) is 90.0 cm³/mol. The Labute approximate surface area is 140 Å². The first-order chi connectivity index (χ1) is 11.1. The Morgan fingerprint density at radius 1 is 1.35 bits per heavy atom. The maximum Gasteiger partial charge on any atom is 0.279 e. The van der Waals surface area contributed by atoms with Crippen LogP contribution < -0.4 is 4.80 Å². The van der Waals surface area contributed by atoms with Crippen LogP contribution in [0.25, 0.3) is 10.2 Å². The normalized spacial score (nSPS) is 11.6. The molecule has 114 valence electrons. The number of para-hydroxylation sites is 1. The van der Waals surface area contributed by atoms with Gasteiger partial charge in [-0.3, -0.25) is 4.79 Å². The number of nitrogens with zero attached hydrogens (tertiary/aromatic N) is 2. The maximum absolute atomic E-state index is 14.1. The van der Waals surface area contributed by atoms with Crippen molar-refractivity contribution in [3.8, 4) is 12.3 Å². The highest BCUT2D eigenvalue weighted by molar-refractivity contribution is 7.16. The fraction of sp³-hybridized carbons (Fsp3) is 0.0588. The number of amides is 1. The molecule has 6 heteroatoms. The van der Waals surface area contributed by atoms with Crippen LogP contribution in [0, 0.1) is 18.2 Å².